The predicted molar refractivity (Wildman–Crippen MR) is 130 cm³/mol. The number of nitrogens with one attached hydrogen (secondary N) is 3. The van der Waals surface area contributed by atoms with E-state index in [2.05, 4.69) is 22.5 Å². The minimum atomic E-state index is -1.45. The van der Waals surface area contributed by atoms with Crippen LogP contribution in [0.2, 0.25) is 0 Å². The third kappa shape index (κ3) is 9.63. The number of carboxylic acid groups (broad SMARTS) is 1. The fraction of sp³-hybridized carbons (Fsp3) is 0.417. The minimum Gasteiger partial charge on any atom is -0.480 e. The number of rotatable bonds is 13. The lowest BCUT2D eigenvalue weighted by molar-refractivity contribution is -0.143. The summed E-state index contributed by atoms with van der Waals surface area (Å²) in [6.45, 7) is 3.18. The van der Waals surface area contributed by atoms with E-state index in [4.69, 9.17) is 10.5 Å². The highest BCUT2D eigenvalue weighted by Gasteiger charge is 2.33. The van der Waals surface area contributed by atoms with Crippen molar-refractivity contribution in [3.63, 3.8) is 0 Å². The highest BCUT2D eigenvalue weighted by Crippen LogP contribution is 2.12. The van der Waals surface area contributed by atoms with Crippen molar-refractivity contribution in [3.05, 3.63) is 48.6 Å². The van der Waals surface area contributed by atoms with Crippen molar-refractivity contribution in [2.45, 2.75) is 43.8 Å². The van der Waals surface area contributed by atoms with Crippen LogP contribution in [0.4, 0.5) is 4.79 Å². The Hall–Kier alpha value is -4.42. The quantitative estimate of drug-likeness (QED) is 0.207. The highest BCUT2D eigenvalue weighted by molar-refractivity contribution is 5.95. The van der Waals surface area contributed by atoms with Gasteiger partial charge < -0.3 is 36.4 Å². The first-order valence-corrected chi connectivity index (χ1v) is 11.6. The number of primary amides is 1. The van der Waals surface area contributed by atoms with E-state index < -0.39 is 66.8 Å². The van der Waals surface area contributed by atoms with Gasteiger partial charge in [0.25, 0.3) is 0 Å². The molecule has 0 bridgehead atoms. The van der Waals surface area contributed by atoms with Gasteiger partial charge in [0.2, 0.25) is 23.6 Å². The van der Waals surface area contributed by atoms with Crippen LogP contribution in [0, 0.1) is 0 Å². The molecule has 13 nitrogen and oxygen atoms in total. The summed E-state index contributed by atoms with van der Waals surface area (Å²) in [6, 6.07) is 4.93. The first-order chi connectivity index (χ1) is 17.6. The highest BCUT2D eigenvalue weighted by atomic mass is 16.5. The standard InChI is InChI=1S/C24H31N5O8/c1-2-11-37-24(36)28-16-9-6-10-29(22(16)33)14-20(31)26-17(13-19(25)30)21(32)27-18(23(34)35)12-15-7-4-3-5-8-15/h2-5,7-8,16-18H,1,6,9-14H2,(H2,25,30)(H,26,31)(H,27,32)(H,28,36)(H,34,35)/t16?,17-,18-/m0/s1. The zero-order valence-corrected chi connectivity index (χ0v) is 20.2. The fourth-order valence-corrected chi connectivity index (χ4v) is 3.70. The van der Waals surface area contributed by atoms with Crippen molar-refractivity contribution in [3.8, 4) is 0 Å². The number of likely N-dealkylation sites (tertiary alicyclic amines) is 1. The molecule has 0 aromatic heterocycles. The second-order valence-corrected chi connectivity index (χ2v) is 8.37. The number of nitrogens with two attached hydrogens (primary N) is 1. The molecule has 5 amide bonds. The second kappa shape index (κ2) is 14.2. The minimum absolute atomic E-state index is 0.0228. The number of alkyl carbamates (subject to hydrolysis) is 1. The molecule has 1 aliphatic rings. The largest absolute Gasteiger partial charge is 0.480 e. The number of aliphatic carboxylic acids is 1. The van der Waals surface area contributed by atoms with Crippen LogP contribution in [0.1, 0.15) is 24.8 Å². The van der Waals surface area contributed by atoms with Crippen molar-refractivity contribution < 1.29 is 38.6 Å². The number of amides is 5. The van der Waals surface area contributed by atoms with Crippen molar-refractivity contribution in [1.82, 2.24) is 20.9 Å². The van der Waals surface area contributed by atoms with Gasteiger partial charge in [-0.15, -0.1) is 0 Å². The molecule has 3 atom stereocenters. The maximum Gasteiger partial charge on any atom is 0.408 e. The topological polar surface area (TPSA) is 197 Å². The Morgan fingerprint density at radius 1 is 1.16 bits per heavy atom. The lowest BCUT2D eigenvalue weighted by Crippen LogP contribution is -2.57. The van der Waals surface area contributed by atoms with Crippen LogP contribution in [0.15, 0.2) is 43.0 Å². The average Bonchev–Trinajstić information content (AvgIpc) is 2.84. The van der Waals surface area contributed by atoms with E-state index in [1.54, 1.807) is 30.3 Å². The third-order valence-corrected chi connectivity index (χ3v) is 5.44. The van der Waals surface area contributed by atoms with E-state index in [-0.39, 0.29) is 19.6 Å². The van der Waals surface area contributed by atoms with Gasteiger partial charge in [0.1, 0.15) is 24.7 Å². The summed E-state index contributed by atoms with van der Waals surface area (Å²) in [7, 11) is 0. The van der Waals surface area contributed by atoms with Crippen LogP contribution in [0.25, 0.3) is 0 Å². The van der Waals surface area contributed by atoms with E-state index in [0.29, 0.717) is 18.4 Å². The van der Waals surface area contributed by atoms with Crippen LogP contribution < -0.4 is 21.7 Å². The smallest absolute Gasteiger partial charge is 0.408 e. The monoisotopic (exact) mass is 517 g/mol. The lowest BCUT2D eigenvalue weighted by Gasteiger charge is -2.32. The first kappa shape index (κ1) is 28.8. The number of carboxylic acids is 1. The van der Waals surface area contributed by atoms with Crippen molar-refractivity contribution in [2.75, 3.05) is 19.7 Å². The summed E-state index contributed by atoms with van der Waals surface area (Å²) >= 11 is 0. The van der Waals surface area contributed by atoms with E-state index in [0.717, 1.165) is 0 Å². The number of nitrogens with zero attached hydrogens (tertiary/aromatic N) is 1. The maximum absolute atomic E-state index is 12.8. The van der Waals surface area contributed by atoms with Crippen LogP contribution in [0.3, 0.4) is 0 Å². The van der Waals surface area contributed by atoms with Gasteiger partial charge in [0.05, 0.1) is 13.0 Å². The Balaban J connectivity index is 2.00. The summed E-state index contributed by atoms with van der Waals surface area (Å²) in [4.78, 5) is 74.3. The molecule has 1 fully saturated rings. The molecule has 0 aliphatic carbocycles. The molecule has 0 saturated carbocycles. The lowest BCUT2D eigenvalue weighted by atomic mass is 10.0. The fourth-order valence-electron chi connectivity index (χ4n) is 3.70. The number of benzene rings is 1. The van der Waals surface area contributed by atoms with Gasteiger partial charge in [-0.1, -0.05) is 43.0 Å². The molecule has 1 aliphatic heterocycles. The summed E-state index contributed by atoms with van der Waals surface area (Å²) in [5, 5.41) is 16.6. The normalized spacial score (nSPS) is 16.6. The first-order valence-electron chi connectivity index (χ1n) is 11.6. The van der Waals surface area contributed by atoms with Gasteiger partial charge in [-0.25, -0.2) is 9.59 Å². The van der Waals surface area contributed by atoms with Crippen molar-refractivity contribution in [2.24, 2.45) is 5.73 Å². The molecule has 1 saturated heterocycles. The molecular formula is C24H31N5O8. The SMILES string of the molecule is C=CCOC(=O)NC1CCCN(CC(=O)N[C@@H](CC(N)=O)C(=O)N[C@@H](Cc2ccccc2)C(=O)O)C1=O. The van der Waals surface area contributed by atoms with Gasteiger partial charge >= 0.3 is 12.1 Å². The molecule has 1 aromatic rings. The zero-order chi connectivity index (χ0) is 27.4. The number of carbonyl (C=O) groups excluding carboxylic acids is 5. The van der Waals surface area contributed by atoms with Crippen LogP contribution in [0.5, 0.6) is 0 Å². The van der Waals surface area contributed by atoms with Crippen LogP contribution in [-0.4, -0.2) is 83.5 Å². The third-order valence-electron chi connectivity index (χ3n) is 5.44. The predicted octanol–water partition coefficient (Wildman–Crippen LogP) is -0.938. The molecule has 0 radical (unpaired) electrons. The van der Waals surface area contributed by atoms with E-state index in [1.165, 1.54) is 11.0 Å². The summed E-state index contributed by atoms with van der Waals surface area (Å²) in [5.41, 5.74) is 5.88. The molecule has 1 aromatic carbocycles. The van der Waals surface area contributed by atoms with Gasteiger partial charge in [-0.2, -0.15) is 0 Å². The van der Waals surface area contributed by atoms with Gasteiger partial charge in [-0.05, 0) is 18.4 Å². The molecule has 200 valence electrons. The number of piperidine rings is 1. The molecule has 13 heteroatoms. The Morgan fingerprint density at radius 3 is 2.49 bits per heavy atom. The summed E-state index contributed by atoms with van der Waals surface area (Å²) < 4.78 is 4.81. The molecule has 1 unspecified atom stereocenters. The van der Waals surface area contributed by atoms with Crippen molar-refractivity contribution >= 4 is 35.7 Å². The van der Waals surface area contributed by atoms with Gasteiger partial charge in [0.15, 0.2) is 0 Å². The Kier molecular flexibility index (Phi) is 11.1. The molecule has 37 heavy (non-hydrogen) atoms. The van der Waals surface area contributed by atoms with Crippen LogP contribution >= 0.6 is 0 Å². The maximum atomic E-state index is 12.8. The second-order valence-electron chi connectivity index (χ2n) is 8.37. The molecule has 0 spiro atoms. The number of carbonyl (C=O) groups is 6. The average molecular weight is 518 g/mol. The summed E-state index contributed by atoms with van der Waals surface area (Å²) in [6.07, 6.45) is 0.818. The Labute approximate surface area is 213 Å². The van der Waals surface area contributed by atoms with E-state index in [9.17, 15) is 33.9 Å². The van der Waals surface area contributed by atoms with E-state index in [1.807, 2.05) is 0 Å². The van der Waals surface area contributed by atoms with E-state index >= 15 is 0 Å². The Morgan fingerprint density at radius 2 is 1.86 bits per heavy atom. The van der Waals surface area contributed by atoms with Gasteiger partial charge in [-0.3, -0.25) is 19.2 Å². The summed E-state index contributed by atoms with van der Waals surface area (Å²) in [5.74, 6) is -4.39. The number of ether oxygens (including phenoxy) is 1. The zero-order valence-electron chi connectivity index (χ0n) is 20.2. The molecule has 2 rings (SSSR count). The van der Waals surface area contributed by atoms with Crippen LogP contribution in [-0.2, 0) is 35.1 Å². The van der Waals surface area contributed by atoms with Gasteiger partial charge in [0, 0.05) is 13.0 Å². The molecule has 6 N–H and O–H groups in total. The van der Waals surface area contributed by atoms with Crippen molar-refractivity contribution in [1.29, 1.82) is 0 Å². The number of hydrogen-bond acceptors (Lipinski definition) is 7. The number of hydrogen-bond donors (Lipinski definition) is 5. The Bertz CT molecular complexity index is 1020. The molecular weight excluding hydrogens is 486 g/mol. The molecule has 1 heterocycles.